The number of aliphatic imine (C=N–C) groups is 1. The van der Waals surface area contributed by atoms with Gasteiger partial charge in [-0.15, -0.1) is 0 Å². The summed E-state index contributed by atoms with van der Waals surface area (Å²) in [5.41, 5.74) is 5.00. The molecule has 0 aliphatic heterocycles. The van der Waals surface area contributed by atoms with Gasteiger partial charge in [-0.3, -0.25) is 9.79 Å². The van der Waals surface area contributed by atoms with Crippen LogP contribution in [-0.2, 0) is 9.45 Å². The van der Waals surface area contributed by atoms with Crippen molar-refractivity contribution in [3.63, 3.8) is 0 Å². The summed E-state index contributed by atoms with van der Waals surface area (Å²) in [6.45, 7) is 0.743. The Hall–Kier alpha value is -0.995. The van der Waals surface area contributed by atoms with Crippen molar-refractivity contribution in [2.75, 3.05) is 6.54 Å². The third-order valence-electron chi connectivity index (χ3n) is 1.85. The molecule has 0 atom stereocenters. The molecule has 0 unspecified atom stereocenters. The van der Waals surface area contributed by atoms with Crippen molar-refractivity contribution in [2.45, 2.75) is 38.5 Å². The van der Waals surface area contributed by atoms with Crippen LogP contribution in [0, 0.1) is 0 Å². The Balaban J connectivity index is 2.99. The first-order valence-corrected chi connectivity index (χ1v) is 4.89. The van der Waals surface area contributed by atoms with E-state index in [-0.39, 0.29) is 5.91 Å². The summed E-state index contributed by atoms with van der Waals surface area (Å²) in [7, 11) is 4.74. The van der Waals surface area contributed by atoms with Gasteiger partial charge in [-0.2, -0.15) is 0 Å². The minimum absolute atomic E-state index is 0.213. The number of carbonyl (C=O) groups is 1. The van der Waals surface area contributed by atoms with Gasteiger partial charge in [0.2, 0.25) is 5.91 Å². The second-order valence-corrected chi connectivity index (χ2v) is 3.13. The number of nitrogens with zero attached hydrogens (tertiary/aromatic N) is 1. The van der Waals surface area contributed by atoms with Crippen LogP contribution in [0.1, 0.15) is 38.5 Å². The number of primary amides is 1. The fourth-order valence-corrected chi connectivity index (χ4v) is 1.13. The summed E-state index contributed by atoms with van der Waals surface area (Å²) in [6.07, 6.45) is 6.94. The maximum atomic E-state index is 10.4. The lowest BCUT2D eigenvalue weighted by Gasteiger charge is -1.98. The van der Waals surface area contributed by atoms with Gasteiger partial charge in [0.1, 0.15) is 6.40 Å². The van der Waals surface area contributed by atoms with Gasteiger partial charge in [-0.25, -0.2) is 0 Å². The number of nitrogens with two attached hydrogens (primary N) is 1. The van der Waals surface area contributed by atoms with Crippen molar-refractivity contribution in [3.05, 3.63) is 0 Å². The van der Waals surface area contributed by atoms with Crippen LogP contribution in [0.4, 0.5) is 0 Å². The molecule has 0 aliphatic carbocycles. The second-order valence-electron chi connectivity index (χ2n) is 3.13. The fraction of sp³-hybridized carbons (Fsp3) is 0.778. The third-order valence-corrected chi connectivity index (χ3v) is 1.85. The van der Waals surface area contributed by atoms with Gasteiger partial charge in [0.05, 0.1) is 0 Å². The Bertz CT molecular complexity index is 174. The van der Waals surface area contributed by atoms with Crippen molar-refractivity contribution in [2.24, 2.45) is 10.7 Å². The van der Waals surface area contributed by atoms with Crippen LogP contribution in [0.5, 0.6) is 0 Å². The molecule has 0 bridgehead atoms. The minimum atomic E-state index is -0.213. The highest BCUT2D eigenvalue weighted by Gasteiger charge is 1.94. The zero-order chi connectivity index (χ0) is 10.6. The average Bonchev–Trinajstić information content (AvgIpc) is 2.15. The van der Waals surface area contributed by atoms with E-state index in [0.29, 0.717) is 6.42 Å². The molecule has 0 heterocycles. The van der Waals surface area contributed by atoms with Crippen LogP contribution in [0.2, 0.25) is 0 Å². The highest BCUT2D eigenvalue weighted by Crippen LogP contribution is 2.04. The molecule has 0 aromatic carbocycles. The smallest absolute Gasteiger partial charge is 0.375 e. The molecule has 0 fully saturated rings. The minimum Gasteiger partial charge on any atom is -0.560 e. The standard InChI is InChI=1S/C9H17BN2O2/c10-14-8-12-7-5-3-1-2-4-6-9(11)13/h8H,1-7H2,(H2,11,13). The lowest BCUT2D eigenvalue weighted by atomic mass is 10.1. The molecule has 1 amide bonds. The Kier molecular flexibility index (Phi) is 9.37. The molecule has 14 heavy (non-hydrogen) atoms. The quantitative estimate of drug-likeness (QED) is 0.258. The maximum Gasteiger partial charge on any atom is 0.375 e. The van der Waals surface area contributed by atoms with Crippen molar-refractivity contribution >= 4 is 20.4 Å². The van der Waals surface area contributed by atoms with Gasteiger partial charge in [0, 0.05) is 13.0 Å². The van der Waals surface area contributed by atoms with Crippen molar-refractivity contribution in [3.8, 4) is 0 Å². The molecule has 2 N–H and O–H groups in total. The van der Waals surface area contributed by atoms with Crippen molar-refractivity contribution in [1.29, 1.82) is 0 Å². The first-order chi connectivity index (χ1) is 6.77. The average molecular weight is 196 g/mol. The molecule has 0 rings (SSSR count). The normalized spacial score (nSPS) is 10.6. The van der Waals surface area contributed by atoms with Gasteiger partial charge < -0.3 is 10.4 Å². The molecular weight excluding hydrogens is 179 g/mol. The van der Waals surface area contributed by atoms with E-state index in [1.165, 1.54) is 6.40 Å². The van der Waals surface area contributed by atoms with Crippen LogP contribution in [0.3, 0.4) is 0 Å². The molecule has 2 radical (unpaired) electrons. The molecule has 5 heteroatoms. The van der Waals surface area contributed by atoms with Crippen molar-refractivity contribution in [1.82, 2.24) is 0 Å². The van der Waals surface area contributed by atoms with Crippen LogP contribution < -0.4 is 5.73 Å². The summed E-state index contributed by atoms with van der Waals surface area (Å²) in [5.74, 6) is -0.213. The van der Waals surface area contributed by atoms with E-state index in [2.05, 4.69) is 9.65 Å². The van der Waals surface area contributed by atoms with Gasteiger partial charge in [0.25, 0.3) is 0 Å². The molecular formula is C9H17BN2O2. The van der Waals surface area contributed by atoms with E-state index in [1.807, 2.05) is 0 Å². The Morgan fingerprint density at radius 3 is 2.57 bits per heavy atom. The zero-order valence-electron chi connectivity index (χ0n) is 8.45. The lowest BCUT2D eigenvalue weighted by Crippen LogP contribution is -2.09. The van der Waals surface area contributed by atoms with E-state index in [9.17, 15) is 4.79 Å². The summed E-state index contributed by atoms with van der Waals surface area (Å²) < 4.78 is 4.17. The van der Waals surface area contributed by atoms with Gasteiger partial charge in [-0.05, 0) is 12.8 Å². The summed E-state index contributed by atoms with van der Waals surface area (Å²) in [6, 6.07) is 0. The largest absolute Gasteiger partial charge is 0.560 e. The number of hydrogen-bond donors (Lipinski definition) is 1. The molecule has 0 spiro atoms. The Morgan fingerprint density at radius 2 is 1.93 bits per heavy atom. The number of hydrogen-bond acceptors (Lipinski definition) is 3. The van der Waals surface area contributed by atoms with Crippen LogP contribution >= 0.6 is 0 Å². The topological polar surface area (TPSA) is 64.7 Å². The van der Waals surface area contributed by atoms with Crippen LogP contribution in [0.25, 0.3) is 0 Å². The zero-order valence-corrected chi connectivity index (χ0v) is 8.45. The van der Waals surface area contributed by atoms with E-state index >= 15 is 0 Å². The molecule has 0 aromatic heterocycles. The third kappa shape index (κ3) is 11.0. The van der Waals surface area contributed by atoms with Crippen LogP contribution in [-0.4, -0.2) is 26.9 Å². The Labute approximate surface area is 86.4 Å². The lowest BCUT2D eigenvalue weighted by molar-refractivity contribution is -0.118. The maximum absolute atomic E-state index is 10.4. The van der Waals surface area contributed by atoms with E-state index in [0.717, 1.165) is 38.6 Å². The number of carbonyl (C=O) groups excluding carboxylic acids is 1. The van der Waals surface area contributed by atoms with Gasteiger partial charge in [-0.1, -0.05) is 19.3 Å². The Morgan fingerprint density at radius 1 is 1.29 bits per heavy atom. The van der Waals surface area contributed by atoms with Crippen molar-refractivity contribution < 1.29 is 9.45 Å². The molecule has 0 saturated heterocycles. The highest BCUT2D eigenvalue weighted by molar-refractivity contribution is 6.02. The SMILES string of the molecule is [B]OC=NCCCCCCCC(N)=O. The predicted octanol–water partition coefficient (Wildman–Crippen LogP) is 0.941. The molecule has 78 valence electrons. The second kappa shape index (κ2) is 10.1. The first kappa shape index (κ1) is 13.0. The van der Waals surface area contributed by atoms with E-state index in [4.69, 9.17) is 13.8 Å². The first-order valence-electron chi connectivity index (χ1n) is 4.89. The van der Waals surface area contributed by atoms with E-state index in [1.54, 1.807) is 0 Å². The number of unbranched alkanes of at least 4 members (excludes halogenated alkanes) is 4. The summed E-state index contributed by atoms with van der Waals surface area (Å²) in [5, 5.41) is 0. The van der Waals surface area contributed by atoms with Gasteiger partial charge >= 0.3 is 8.05 Å². The number of rotatable bonds is 9. The highest BCUT2D eigenvalue weighted by atomic mass is 16.4. The monoisotopic (exact) mass is 196 g/mol. The summed E-state index contributed by atoms with van der Waals surface area (Å²) >= 11 is 0. The summed E-state index contributed by atoms with van der Waals surface area (Å²) in [4.78, 5) is 14.3. The van der Waals surface area contributed by atoms with Crippen LogP contribution in [0.15, 0.2) is 4.99 Å². The molecule has 0 aromatic rings. The molecule has 0 saturated carbocycles. The number of amides is 1. The fourth-order valence-electron chi connectivity index (χ4n) is 1.13. The van der Waals surface area contributed by atoms with E-state index < -0.39 is 0 Å². The molecule has 0 aliphatic rings. The van der Waals surface area contributed by atoms with Gasteiger partial charge in [0.15, 0.2) is 0 Å². The predicted molar refractivity (Wildman–Crippen MR) is 57.1 cm³/mol. The molecule has 4 nitrogen and oxygen atoms in total.